The molecule has 0 spiro atoms. The Hall–Kier alpha value is -1.23. The van der Waals surface area contributed by atoms with Gasteiger partial charge < -0.3 is 11.1 Å². The third kappa shape index (κ3) is 3.08. The largest absolute Gasteiger partial charge is 0.398 e. The van der Waals surface area contributed by atoms with E-state index in [0.717, 1.165) is 10.0 Å². The number of rotatable bonds is 2. The fourth-order valence-electron chi connectivity index (χ4n) is 1.64. The average Bonchev–Trinajstić information content (AvgIpc) is 2.42. The summed E-state index contributed by atoms with van der Waals surface area (Å²) in [6.07, 6.45) is 0. The number of halogens is 3. The number of nitrogens with two attached hydrogens (primary N) is 1. The Kier molecular flexibility index (Phi) is 4.58. The summed E-state index contributed by atoms with van der Waals surface area (Å²) < 4.78 is 0.737. The zero-order chi connectivity index (χ0) is 14.9. The number of nitrogen functional groups attached to an aromatic ring is 1. The van der Waals surface area contributed by atoms with E-state index in [9.17, 15) is 4.79 Å². The van der Waals surface area contributed by atoms with Gasteiger partial charge in [-0.2, -0.15) is 0 Å². The summed E-state index contributed by atoms with van der Waals surface area (Å²) in [6, 6.07) is 8.43. The predicted octanol–water partition coefficient (Wildman–Crippen LogP) is 4.90. The SMILES string of the molecule is Cc1ccc(Cl)c(NC(=O)c2ccc(Br)c(N)c2)c1Cl. The van der Waals surface area contributed by atoms with E-state index in [-0.39, 0.29) is 5.91 Å². The van der Waals surface area contributed by atoms with Crippen LogP contribution in [-0.4, -0.2) is 5.91 Å². The van der Waals surface area contributed by atoms with Crippen molar-refractivity contribution in [2.24, 2.45) is 0 Å². The van der Waals surface area contributed by atoms with E-state index in [1.165, 1.54) is 0 Å². The highest BCUT2D eigenvalue weighted by atomic mass is 79.9. The lowest BCUT2D eigenvalue weighted by Crippen LogP contribution is -2.13. The van der Waals surface area contributed by atoms with Crippen molar-refractivity contribution in [1.29, 1.82) is 0 Å². The van der Waals surface area contributed by atoms with Gasteiger partial charge in [-0.25, -0.2) is 0 Å². The summed E-state index contributed by atoms with van der Waals surface area (Å²) in [5, 5.41) is 3.52. The molecule has 0 radical (unpaired) electrons. The van der Waals surface area contributed by atoms with E-state index < -0.39 is 0 Å². The Morgan fingerprint density at radius 2 is 1.95 bits per heavy atom. The molecule has 2 aromatic carbocycles. The van der Waals surface area contributed by atoms with Gasteiger partial charge in [0, 0.05) is 15.7 Å². The molecular formula is C14H11BrCl2N2O. The molecule has 0 atom stereocenters. The molecule has 0 heterocycles. The van der Waals surface area contributed by atoms with Crippen molar-refractivity contribution in [3.05, 3.63) is 56.0 Å². The molecule has 3 nitrogen and oxygen atoms in total. The average molecular weight is 374 g/mol. The van der Waals surface area contributed by atoms with Crippen LogP contribution in [0.25, 0.3) is 0 Å². The lowest BCUT2D eigenvalue weighted by molar-refractivity contribution is 0.102. The van der Waals surface area contributed by atoms with Crippen molar-refractivity contribution in [2.45, 2.75) is 6.92 Å². The van der Waals surface area contributed by atoms with Gasteiger partial charge in [-0.05, 0) is 52.7 Å². The molecule has 3 N–H and O–H groups in total. The number of benzene rings is 2. The zero-order valence-electron chi connectivity index (χ0n) is 10.5. The van der Waals surface area contributed by atoms with Crippen molar-refractivity contribution in [3.63, 3.8) is 0 Å². The molecule has 0 bridgehead atoms. The van der Waals surface area contributed by atoms with Gasteiger partial charge in [-0.3, -0.25) is 4.79 Å². The van der Waals surface area contributed by atoms with Gasteiger partial charge in [0.2, 0.25) is 0 Å². The minimum absolute atomic E-state index is 0.321. The van der Waals surface area contributed by atoms with Crippen LogP contribution in [0.1, 0.15) is 15.9 Å². The van der Waals surface area contributed by atoms with E-state index in [1.54, 1.807) is 30.3 Å². The first-order valence-electron chi connectivity index (χ1n) is 5.71. The molecule has 0 saturated heterocycles. The molecule has 0 unspecified atom stereocenters. The Morgan fingerprint density at radius 3 is 2.60 bits per heavy atom. The number of carbonyl (C=O) groups excluding carboxylic acids is 1. The third-order valence-electron chi connectivity index (χ3n) is 2.78. The first kappa shape index (κ1) is 15.2. The van der Waals surface area contributed by atoms with Crippen LogP contribution >= 0.6 is 39.1 Å². The molecule has 0 aliphatic rings. The number of hydrogen-bond donors (Lipinski definition) is 2. The highest BCUT2D eigenvalue weighted by Gasteiger charge is 2.13. The Balaban J connectivity index is 2.32. The lowest BCUT2D eigenvalue weighted by Gasteiger charge is -2.11. The van der Waals surface area contributed by atoms with Crippen LogP contribution in [0.3, 0.4) is 0 Å². The predicted molar refractivity (Wildman–Crippen MR) is 87.7 cm³/mol. The summed E-state index contributed by atoms with van der Waals surface area (Å²) in [5.74, 6) is -0.321. The molecule has 6 heteroatoms. The smallest absolute Gasteiger partial charge is 0.255 e. The highest BCUT2D eigenvalue weighted by Crippen LogP contribution is 2.33. The van der Waals surface area contributed by atoms with Crippen LogP contribution in [-0.2, 0) is 0 Å². The summed E-state index contributed by atoms with van der Waals surface area (Å²) in [5.41, 5.74) is 7.91. The van der Waals surface area contributed by atoms with Crippen molar-refractivity contribution in [3.8, 4) is 0 Å². The quantitative estimate of drug-likeness (QED) is 0.735. The summed E-state index contributed by atoms with van der Waals surface area (Å²) in [7, 11) is 0. The van der Waals surface area contributed by atoms with Gasteiger partial charge >= 0.3 is 0 Å². The van der Waals surface area contributed by atoms with Crippen molar-refractivity contribution in [2.75, 3.05) is 11.1 Å². The molecule has 1 amide bonds. The van der Waals surface area contributed by atoms with Gasteiger partial charge in [0.15, 0.2) is 0 Å². The van der Waals surface area contributed by atoms with E-state index in [0.29, 0.717) is 27.0 Å². The van der Waals surface area contributed by atoms with E-state index in [1.807, 2.05) is 6.92 Å². The number of anilines is 2. The summed E-state index contributed by atoms with van der Waals surface area (Å²) in [4.78, 5) is 12.2. The molecule has 2 rings (SSSR count). The van der Waals surface area contributed by atoms with Crippen molar-refractivity contribution < 1.29 is 4.79 Å². The van der Waals surface area contributed by atoms with E-state index >= 15 is 0 Å². The molecule has 0 fully saturated rings. The van der Waals surface area contributed by atoms with Crippen LogP contribution in [0.15, 0.2) is 34.8 Å². The van der Waals surface area contributed by atoms with Gasteiger partial charge in [0.25, 0.3) is 5.91 Å². The van der Waals surface area contributed by atoms with Gasteiger partial charge in [0.05, 0.1) is 15.7 Å². The summed E-state index contributed by atoms with van der Waals surface area (Å²) >= 11 is 15.5. The Morgan fingerprint density at radius 1 is 1.25 bits per heavy atom. The second-order valence-corrected chi connectivity index (χ2v) is 5.88. The first-order valence-corrected chi connectivity index (χ1v) is 7.26. The lowest BCUT2D eigenvalue weighted by atomic mass is 10.1. The maximum Gasteiger partial charge on any atom is 0.255 e. The normalized spacial score (nSPS) is 10.4. The van der Waals surface area contributed by atoms with Crippen LogP contribution in [0.5, 0.6) is 0 Å². The van der Waals surface area contributed by atoms with Crippen molar-refractivity contribution >= 4 is 56.4 Å². The second-order valence-electron chi connectivity index (χ2n) is 4.24. The molecule has 104 valence electrons. The molecule has 0 aliphatic carbocycles. The van der Waals surface area contributed by atoms with Crippen LogP contribution < -0.4 is 11.1 Å². The molecule has 0 saturated carbocycles. The van der Waals surface area contributed by atoms with Gasteiger partial charge in [-0.1, -0.05) is 29.3 Å². The minimum Gasteiger partial charge on any atom is -0.398 e. The van der Waals surface area contributed by atoms with Crippen molar-refractivity contribution in [1.82, 2.24) is 0 Å². The topological polar surface area (TPSA) is 55.1 Å². The van der Waals surface area contributed by atoms with E-state index in [4.69, 9.17) is 28.9 Å². The Bertz CT molecular complexity index is 689. The Labute approximate surface area is 135 Å². The first-order chi connectivity index (χ1) is 9.40. The number of carbonyl (C=O) groups is 1. The van der Waals surface area contributed by atoms with Crippen LogP contribution in [0.4, 0.5) is 11.4 Å². The molecular weight excluding hydrogens is 363 g/mol. The number of nitrogens with one attached hydrogen (secondary N) is 1. The monoisotopic (exact) mass is 372 g/mol. The third-order valence-corrected chi connectivity index (χ3v) is 4.31. The molecule has 20 heavy (non-hydrogen) atoms. The van der Waals surface area contributed by atoms with Gasteiger partial charge in [-0.15, -0.1) is 0 Å². The number of hydrogen-bond acceptors (Lipinski definition) is 2. The van der Waals surface area contributed by atoms with Crippen LogP contribution in [0, 0.1) is 6.92 Å². The highest BCUT2D eigenvalue weighted by molar-refractivity contribution is 9.10. The molecule has 2 aromatic rings. The molecule has 0 aliphatic heterocycles. The molecule has 0 aromatic heterocycles. The minimum atomic E-state index is -0.321. The van der Waals surface area contributed by atoms with Crippen LogP contribution in [0.2, 0.25) is 10.0 Å². The van der Waals surface area contributed by atoms with E-state index in [2.05, 4.69) is 21.2 Å². The maximum atomic E-state index is 12.2. The maximum absolute atomic E-state index is 12.2. The summed E-state index contributed by atoms with van der Waals surface area (Å²) in [6.45, 7) is 1.84. The fraction of sp³-hybridized carbons (Fsp3) is 0.0714. The fourth-order valence-corrected chi connectivity index (χ4v) is 2.35. The number of aryl methyl sites for hydroxylation is 1. The standard InChI is InChI=1S/C14H11BrCl2N2O/c1-7-2-5-10(16)13(12(7)17)19-14(20)8-3-4-9(15)11(18)6-8/h2-6H,18H2,1H3,(H,19,20). The number of amides is 1. The zero-order valence-corrected chi connectivity index (χ0v) is 13.6. The van der Waals surface area contributed by atoms with Gasteiger partial charge in [0.1, 0.15) is 0 Å². The second kappa shape index (κ2) is 6.04.